The molecule has 0 N–H and O–H groups in total. The van der Waals surface area contributed by atoms with Crippen molar-refractivity contribution in [2.45, 2.75) is 143 Å². The summed E-state index contributed by atoms with van der Waals surface area (Å²) in [6.07, 6.45) is 27.6. The first-order valence-electron chi connectivity index (χ1n) is 15.6. The van der Waals surface area contributed by atoms with Crippen molar-refractivity contribution >= 4 is 0 Å². The van der Waals surface area contributed by atoms with E-state index in [-0.39, 0.29) is 0 Å². The molecule has 0 amide bonds. The highest BCUT2D eigenvalue weighted by Crippen LogP contribution is 2.56. The molecule has 186 valence electrons. The van der Waals surface area contributed by atoms with Gasteiger partial charge in [-0.2, -0.15) is 0 Å². The van der Waals surface area contributed by atoms with Crippen LogP contribution in [0.5, 0.6) is 0 Å². The van der Waals surface area contributed by atoms with E-state index in [1.165, 1.54) is 38.5 Å². The molecule has 5 saturated carbocycles. The molecule has 0 aromatic carbocycles. The molecule has 5 aliphatic carbocycles. The van der Waals surface area contributed by atoms with E-state index in [0.29, 0.717) is 0 Å². The van der Waals surface area contributed by atoms with Gasteiger partial charge >= 0.3 is 0 Å². The monoisotopic (exact) mass is 442 g/mol. The molecule has 0 aromatic heterocycles. The molecule has 0 saturated heterocycles. The van der Waals surface area contributed by atoms with Crippen LogP contribution in [0, 0.1) is 59.2 Å². The van der Waals surface area contributed by atoms with E-state index in [4.69, 9.17) is 0 Å². The van der Waals surface area contributed by atoms with Crippen molar-refractivity contribution in [1.82, 2.24) is 0 Å². The molecular weight excluding hydrogens is 384 g/mol. The molecule has 0 heterocycles. The SMILES string of the molecule is CC1CCC2CCCCC12.CCCCC1C(C)CC2CCCC2C1C1CCC(CC)CC1. The molecule has 5 fully saturated rings. The van der Waals surface area contributed by atoms with Gasteiger partial charge in [-0.15, -0.1) is 0 Å². The van der Waals surface area contributed by atoms with E-state index in [0.717, 1.165) is 59.2 Å². The maximum atomic E-state index is 2.61. The van der Waals surface area contributed by atoms with Crippen LogP contribution in [0.25, 0.3) is 0 Å². The van der Waals surface area contributed by atoms with Crippen molar-refractivity contribution in [3.63, 3.8) is 0 Å². The van der Waals surface area contributed by atoms with Crippen molar-refractivity contribution in [3.05, 3.63) is 0 Å². The minimum absolute atomic E-state index is 1.01. The molecule has 8 atom stereocenters. The predicted molar refractivity (Wildman–Crippen MR) is 141 cm³/mol. The minimum Gasteiger partial charge on any atom is -0.0654 e. The van der Waals surface area contributed by atoms with E-state index < -0.39 is 0 Å². The third kappa shape index (κ3) is 5.79. The summed E-state index contributed by atoms with van der Waals surface area (Å²) in [6, 6.07) is 0. The number of unbranched alkanes of at least 4 members (excludes halogenated alkanes) is 1. The molecule has 0 bridgehead atoms. The second-order valence-corrected chi connectivity index (χ2v) is 13.4. The molecule has 5 rings (SSSR count). The lowest BCUT2D eigenvalue weighted by molar-refractivity contribution is -0.00258. The van der Waals surface area contributed by atoms with Crippen LogP contribution >= 0.6 is 0 Å². The lowest BCUT2D eigenvalue weighted by Crippen LogP contribution is -2.42. The lowest BCUT2D eigenvalue weighted by Gasteiger charge is -2.49. The van der Waals surface area contributed by atoms with Gasteiger partial charge in [-0.05, 0) is 104 Å². The summed E-state index contributed by atoms with van der Waals surface area (Å²) in [6.45, 7) is 9.85. The van der Waals surface area contributed by atoms with Crippen LogP contribution in [0.1, 0.15) is 143 Å². The van der Waals surface area contributed by atoms with Crippen LogP contribution < -0.4 is 0 Å². The molecule has 0 spiro atoms. The van der Waals surface area contributed by atoms with E-state index in [9.17, 15) is 0 Å². The van der Waals surface area contributed by atoms with Gasteiger partial charge < -0.3 is 0 Å². The Hall–Kier alpha value is 0. The number of rotatable bonds is 5. The average Bonchev–Trinajstić information content (AvgIpc) is 3.44. The number of hydrogen-bond acceptors (Lipinski definition) is 0. The molecule has 5 aliphatic rings. The second-order valence-electron chi connectivity index (χ2n) is 13.4. The van der Waals surface area contributed by atoms with Crippen molar-refractivity contribution in [2.75, 3.05) is 0 Å². The largest absolute Gasteiger partial charge is 0.0654 e. The molecule has 0 radical (unpaired) electrons. The number of fused-ring (bicyclic) bond motifs is 2. The average molecular weight is 443 g/mol. The van der Waals surface area contributed by atoms with Gasteiger partial charge in [-0.3, -0.25) is 0 Å². The molecule has 0 aromatic rings. The third-order valence-corrected chi connectivity index (χ3v) is 11.7. The molecular formula is C32H58. The van der Waals surface area contributed by atoms with Gasteiger partial charge in [0.25, 0.3) is 0 Å². The first kappa shape index (κ1) is 25.1. The van der Waals surface area contributed by atoms with Crippen molar-refractivity contribution in [3.8, 4) is 0 Å². The van der Waals surface area contributed by atoms with E-state index in [2.05, 4.69) is 27.7 Å². The van der Waals surface area contributed by atoms with Gasteiger partial charge in [0.15, 0.2) is 0 Å². The zero-order valence-electron chi connectivity index (χ0n) is 22.5. The van der Waals surface area contributed by atoms with E-state index >= 15 is 0 Å². The second kappa shape index (κ2) is 12.1. The Morgan fingerprint density at radius 2 is 1.28 bits per heavy atom. The zero-order valence-corrected chi connectivity index (χ0v) is 22.5. The van der Waals surface area contributed by atoms with E-state index in [1.54, 1.807) is 77.0 Å². The van der Waals surface area contributed by atoms with Crippen LogP contribution in [0.15, 0.2) is 0 Å². The maximum absolute atomic E-state index is 2.61. The summed E-state index contributed by atoms with van der Waals surface area (Å²) in [5.41, 5.74) is 0. The summed E-state index contributed by atoms with van der Waals surface area (Å²) < 4.78 is 0. The number of hydrogen-bond donors (Lipinski definition) is 0. The standard InChI is InChI=1S/C22H40.C10H18/c1-4-6-9-20-16(3)15-19-8-7-10-21(19)22(20)18-13-11-17(5-2)12-14-18;1-8-6-7-9-4-2-3-5-10(8)9/h16-22H,4-15H2,1-3H3;8-10H,2-7H2,1H3. The van der Waals surface area contributed by atoms with Gasteiger partial charge in [0.2, 0.25) is 0 Å². The van der Waals surface area contributed by atoms with Gasteiger partial charge in [0.1, 0.15) is 0 Å². The normalized spacial score (nSPS) is 46.1. The highest BCUT2D eigenvalue weighted by Gasteiger charge is 2.47. The molecule has 0 heteroatoms. The molecule has 32 heavy (non-hydrogen) atoms. The Morgan fingerprint density at radius 3 is 2.00 bits per heavy atom. The van der Waals surface area contributed by atoms with Crippen LogP contribution in [0.2, 0.25) is 0 Å². The summed E-state index contributed by atoms with van der Waals surface area (Å²) in [4.78, 5) is 0. The first-order chi connectivity index (χ1) is 15.6. The summed E-state index contributed by atoms with van der Waals surface area (Å²) in [5.74, 6) is 10.9. The molecule has 8 unspecified atom stereocenters. The van der Waals surface area contributed by atoms with Crippen LogP contribution in [-0.4, -0.2) is 0 Å². The summed E-state index contributed by atoms with van der Waals surface area (Å²) in [7, 11) is 0. The first-order valence-corrected chi connectivity index (χ1v) is 15.6. The minimum atomic E-state index is 1.01. The fourth-order valence-corrected chi connectivity index (χ4v) is 9.85. The fourth-order valence-electron chi connectivity index (χ4n) is 9.85. The Labute approximate surface area is 202 Å². The van der Waals surface area contributed by atoms with Crippen molar-refractivity contribution in [2.24, 2.45) is 59.2 Å². The Kier molecular flexibility index (Phi) is 9.50. The van der Waals surface area contributed by atoms with Gasteiger partial charge in [0, 0.05) is 0 Å². The van der Waals surface area contributed by atoms with E-state index in [1.807, 2.05) is 0 Å². The highest BCUT2D eigenvalue weighted by molar-refractivity contribution is 4.97. The van der Waals surface area contributed by atoms with Gasteiger partial charge in [0.05, 0.1) is 0 Å². The fraction of sp³-hybridized carbons (Fsp3) is 1.00. The lowest BCUT2D eigenvalue weighted by atomic mass is 9.56. The highest BCUT2D eigenvalue weighted by atomic mass is 14.5. The zero-order chi connectivity index (χ0) is 22.5. The van der Waals surface area contributed by atoms with Crippen LogP contribution in [0.4, 0.5) is 0 Å². The Bertz CT molecular complexity index is 526. The van der Waals surface area contributed by atoms with Crippen molar-refractivity contribution < 1.29 is 0 Å². The summed E-state index contributed by atoms with van der Waals surface area (Å²) >= 11 is 0. The Balaban J connectivity index is 0.000000203. The van der Waals surface area contributed by atoms with Crippen molar-refractivity contribution in [1.29, 1.82) is 0 Å². The Morgan fingerprint density at radius 1 is 0.594 bits per heavy atom. The maximum Gasteiger partial charge on any atom is -0.0324 e. The third-order valence-electron chi connectivity index (χ3n) is 11.7. The van der Waals surface area contributed by atoms with Crippen LogP contribution in [0.3, 0.4) is 0 Å². The topological polar surface area (TPSA) is 0 Å². The molecule has 0 aliphatic heterocycles. The smallest absolute Gasteiger partial charge is 0.0324 e. The summed E-state index contributed by atoms with van der Waals surface area (Å²) in [5, 5.41) is 0. The van der Waals surface area contributed by atoms with Crippen LogP contribution in [-0.2, 0) is 0 Å². The quantitative estimate of drug-likeness (QED) is 0.397. The van der Waals surface area contributed by atoms with Gasteiger partial charge in [-0.1, -0.05) is 98.3 Å². The molecule has 0 nitrogen and oxygen atoms in total. The predicted octanol–water partition coefficient (Wildman–Crippen LogP) is 10.3. The van der Waals surface area contributed by atoms with Gasteiger partial charge in [-0.25, -0.2) is 0 Å².